The summed E-state index contributed by atoms with van der Waals surface area (Å²) >= 11 is 0. The van der Waals surface area contributed by atoms with Crippen molar-refractivity contribution in [3.05, 3.63) is 77.3 Å². The van der Waals surface area contributed by atoms with E-state index >= 15 is 0 Å². The maximum Gasteiger partial charge on any atom is 0.212 e. The van der Waals surface area contributed by atoms with E-state index in [0.717, 1.165) is 0 Å². The largest absolute Gasteiger partial charge is 0.360 e. The third-order valence-corrected chi connectivity index (χ3v) is 3.12. The summed E-state index contributed by atoms with van der Waals surface area (Å²) in [6.45, 7) is 0. The predicted octanol–water partition coefficient (Wildman–Crippen LogP) is 3.14. The molecule has 0 bridgehead atoms. The van der Waals surface area contributed by atoms with Gasteiger partial charge in [0.25, 0.3) is 0 Å². The monoisotopic (exact) mass is 273 g/mol. The van der Waals surface area contributed by atoms with Crippen molar-refractivity contribution in [1.29, 1.82) is 5.26 Å². The normalized spacial score (nSPS) is 12.0. The Kier molecular flexibility index (Phi) is 3.32. The highest BCUT2D eigenvalue weighted by atomic mass is 16.1. The van der Waals surface area contributed by atoms with Gasteiger partial charge in [0, 0.05) is 11.8 Å². The van der Waals surface area contributed by atoms with Crippen molar-refractivity contribution in [1.82, 2.24) is 4.98 Å². The summed E-state index contributed by atoms with van der Waals surface area (Å²) in [6.07, 6.45) is 7.21. The Hall–Kier alpha value is -3.19. The molecule has 1 aliphatic heterocycles. The third kappa shape index (κ3) is 2.45. The average molecular weight is 273 g/mol. The van der Waals surface area contributed by atoms with Crippen molar-refractivity contribution in [2.45, 2.75) is 0 Å². The summed E-state index contributed by atoms with van der Waals surface area (Å²) in [6, 6.07) is 12.5. The summed E-state index contributed by atoms with van der Waals surface area (Å²) in [5.41, 5.74) is 2.30. The second-order valence-electron chi connectivity index (χ2n) is 4.49. The third-order valence-electron chi connectivity index (χ3n) is 3.12. The number of ketones is 1. The molecule has 0 saturated carbocycles. The topological polar surface area (TPSA) is 65.8 Å². The van der Waals surface area contributed by atoms with Crippen LogP contribution in [0.1, 0.15) is 27.3 Å². The summed E-state index contributed by atoms with van der Waals surface area (Å²) in [5.74, 6) is -0.249. The fourth-order valence-corrected chi connectivity index (χ4v) is 2.09. The molecule has 1 N–H and O–H groups in total. The fraction of sp³-hybridized carbons (Fsp3) is 0. The number of anilines is 1. The SMILES string of the molecule is N#Cc1cc2c(nc1C(=O)c1ccccc1)C=CC=CN2. The van der Waals surface area contributed by atoms with Crippen LogP contribution in [0.2, 0.25) is 0 Å². The molecule has 3 rings (SSSR count). The quantitative estimate of drug-likeness (QED) is 0.854. The lowest BCUT2D eigenvalue weighted by Gasteiger charge is -2.09. The van der Waals surface area contributed by atoms with E-state index in [1.165, 1.54) is 0 Å². The summed E-state index contributed by atoms with van der Waals surface area (Å²) in [5, 5.41) is 12.3. The van der Waals surface area contributed by atoms with Crippen LogP contribution in [0, 0.1) is 11.3 Å². The van der Waals surface area contributed by atoms with Gasteiger partial charge >= 0.3 is 0 Å². The first-order chi connectivity index (χ1) is 10.3. The summed E-state index contributed by atoms with van der Waals surface area (Å²) in [4.78, 5) is 16.9. The zero-order chi connectivity index (χ0) is 14.7. The Morgan fingerprint density at radius 2 is 2.00 bits per heavy atom. The molecular weight excluding hydrogens is 262 g/mol. The maximum atomic E-state index is 12.5. The highest BCUT2D eigenvalue weighted by Crippen LogP contribution is 2.23. The van der Waals surface area contributed by atoms with E-state index in [2.05, 4.69) is 10.3 Å². The van der Waals surface area contributed by atoms with Crippen molar-refractivity contribution in [2.75, 3.05) is 5.32 Å². The zero-order valence-corrected chi connectivity index (χ0v) is 11.1. The number of nitrogens with one attached hydrogen (secondary N) is 1. The molecule has 1 aromatic carbocycles. The van der Waals surface area contributed by atoms with E-state index in [0.29, 0.717) is 16.9 Å². The number of pyridine rings is 1. The number of benzene rings is 1. The summed E-state index contributed by atoms with van der Waals surface area (Å²) < 4.78 is 0. The minimum absolute atomic E-state index is 0.177. The van der Waals surface area contributed by atoms with Gasteiger partial charge in [0.05, 0.1) is 16.9 Å². The second kappa shape index (κ2) is 5.43. The standard InChI is InChI=1S/C17H11N3O/c18-11-13-10-15-14(8-4-5-9-19-15)20-16(13)17(21)12-6-2-1-3-7-12/h1-10,19H. The molecule has 0 amide bonds. The minimum Gasteiger partial charge on any atom is -0.360 e. The lowest BCUT2D eigenvalue weighted by atomic mass is 10.0. The van der Waals surface area contributed by atoms with E-state index in [1.807, 2.05) is 24.3 Å². The van der Waals surface area contributed by atoms with Crippen molar-refractivity contribution < 1.29 is 4.79 Å². The van der Waals surface area contributed by atoms with Crippen LogP contribution in [-0.4, -0.2) is 10.8 Å². The molecule has 0 atom stereocenters. The number of aromatic nitrogens is 1. The highest BCUT2D eigenvalue weighted by Gasteiger charge is 2.18. The molecule has 4 nitrogen and oxygen atoms in total. The maximum absolute atomic E-state index is 12.5. The first kappa shape index (κ1) is 12.8. The molecule has 0 spiro atoms. The number of nitrogens with zero attached hydrogens (tertiary/aromatic N) is 2. The predicted molar refractivity (Wildman–Crippen MR) is 80.6 cm³/mol. The first-order valence-corrected chi connectivity index (χ1v) is 6.44. The molecule has 2 aromatic rings. The molecule has 1 aromatic heterocycles. The van der Waals surface area contributed by atoms with Crippen LogP contribution in [-0.2, 0) is 0 Å². The van der Waals surface area contributed by atoms with Gasteiger partial charge in [0.2, 0.25) is 5.78 Å². The van der Waals surface area contributed by atoms with Crippen LogP contribution in [0.4, 0.5) is 5.69 Å². The number of rotatable bonds is 2. The highest BCUT2D eigenvalue weighted by molar-refractivity contribution is 6.09. The van der Waals surface area contributed by atoms with Gasteiger partial charge in [-0.25, -0.2) is 4.98 Å². The van der Waals surface area contributed by atoms with Gasteiger partial charge in [-0.15, -0.1) is 0 Å². The molecule has 100 valence electrons. The summed E-state index contributed by atoms with van der Waals surface area (Å²) in [7, 11) is 0. The molecule has 0 saturated heterocycles. The zero-order valence-electron chi connectivity index (χ0n) is 11.1. The molecular formula is C17H11N3O. The van der Waals surface area contributed by atoms with Crippen molar-refractivity contribution >= 4 is 17.5 Å². The Bertz CT molecular complexity index is 799. The fourth-order valence-electron chi connectivity index (χ4n) is 2.09. The molecule has 0 unspecified atom stereocenters. The van der Waals surface area contributed by atoms with Crippen LogP contribution >= 0.6 is 0 Å². The van der Waals surface area contributed by atoms with Gasteiger partial charge < -0.3 is 5.32 Å². The Morgan fingerprint density at radius 3 is 2.76 bits per heavy atom. The van der Waals surface area contributed by atoms with Crippen LogP contribution in [0.5, 0.6) is 0 Å². The average Bonchev–Trinajstić information content (AvgIpc) is 2.78. The lowest BCUT2D eigenvalue weighted by molar-refractivity contribution is 0.103. The van der Waals surface area contributed by atoms with Crippen molar-refractivity contribution in [3.63, 3.8) is 0 Å². The van der Waals surface area contributed by atoms with Crippen molar-refractivity contribution in [2.24, 2.45) is 0 Å². The number of allylic oxidation sites excluding steroid dienone is 2. The first-order valence-electron chi connectivity index (χ1n) is 6.44. The van der Waals surface area contributed by atoms with Crippen LogP contribution in [0.25, 0.3) is 6.08 Å². The van der Waals surface area contributed by atoms with Gasteiger partial charge in [-0.05, 0) is 18.2 Å². The second-order valence-corrected chi connectivity index (χ2v) is 4.49. The number of fused-ring (bicyclic) bond motifs is 1. The molecule has 0 fully saturated rings. The molecule has 0 aliphatic carbocycles. The van der Waals surface area contributed by atoms with Gasteiger partial charge in [-0.2, -0.15) is 5.26 Å². The van der Waals surface area contributed by atoms with Gasteiger partial charge in [0.15, 0.2) is 0 Å². The van der Waals surface area contributed by atoms with E-state index in [1.54, 1.807) is 42.6 Å². The van der Waals surface area contributed by atoms with E-state index < -0.39 is 0 Å². The van der Waals surface area contributed by atoms with Gasteiger partial charge in [-0.1, -0.05) is 36.4 Å². The van der Waals surface area contributed by atoms with E-state index in [-0.39, 0.29) is 17.0 Å². The van der Waals surface area contributed by atoms with E-state index in [9.17, 15) is 10.1 Å². The van der Waals surface area contributed by atoms with Gasteiger partial charge in [0.1, 0.15) is 11.8 Å². The van der Waals surface area contributed by atoms with Crippen molar-refractivity contribution in [3.8, 4) is 6.07 Å². The van der Waals surface area contributed by atoms with Crippen LogP contribution in [0.15, 0.2) is 54.8 Å². The Labute approximate surface area is 122 Å². The lowest BCUT2D eigenvalue weighted by Crippen LogP contribution is -2.09. The van der Waals surface area contributed by atoms with E-state index in [4.69, 9.17) is 0 Å². The number of nitriles is 1. The smallest absolute Gasteiger partial charge is 0.212 e. The molecule has 21 heavy (non-hydrogen) atoms. The molecule has 1 aliphatic rings. The number of hydrogen-bond acceptors (Lipinski definition) is 4. The van der Waals surface area contributed by atoms with Gasteiger partial charge in [-0.3, -0.25) is 4.79 Å². The molecule has 4 heteroatoms. The Morgan fingerprint density at radius 1 is 1.19 bits per heavy atom. The molecule has 0 radical (unpaired) electrons. The number of carbonyl (C=O) groups excluding carboxylic acids is 1. The Balaban J connectivity index is 2.13. The number of hydrogen-bond donors (Lipinski definition) is 1. The van der Waals surface area contributed by atoms with Crippen LogP contribution < -0.4 is 5.32 Å². The van der Waals surface area contributed by atoms with Crippen LogP contribution in [0.3, 0.4) is 0 Å². The number of carbonyl (C=O) groups is 1. The minimum atomic E-state index is -0.249. The molecule has 2 heterocycles.